The van der Waals surface area contributed by atoms with E-state index in [2.05, 4.69) is 22.0 Å². The standard InChI is InChI=1S/C6H13NOSSi/c1-6(2)8-10(3,4)7-5-9/h6H,1-4H3. The van der Waals surface area contributed by atoms with Gasteiger partial charge < -0.3 is 4.43 Å². The second kappa shape index (κ2) is 3.98. The van der Waals surface area contributed by atoms with Gasteiger partial charge in [0.05, 0.1) is 5.16 Å². The second-order valence-corrected chi connectivity index (χ2v) is 6.35. The van der Waals surface area contributed by atoms with Crippen molar-refractivity contribution in [1.82, 2.24) is 0 Å². The van der Waals surface area contributed by atoms with Crippen molar-refractivity contribution < 1.29 is 4.43 Å². The molecule has 0 amide bonds. The van der Waals surface area contributed by atoms with Crippen LogP contribution in [-0.2, 0) is 4.43 Å². The van der Waals surface area contributed by atoms with Crippen LogP contribution in [0.25, 0.3) is 0 Å². The van der Waals surface area contributed by atoms with E-state index in [4.69, 9.17) is 4.43 Å². The molecule has 0 rings (SSSR count). The van der Waals surface area contributed by atoms with Crippen LogP contribution in [0.4, 0.5) is 0 Å². The van der Waals surface area contributed by atoms with E-state index in [0.717, 1.165) is 0 Å². The van der Waals surface area contributed by atoms with Gasteiger partial charge in [0, 0.05) is 6.10 Å². The Labute approximate surface area is 68.5 Å². The number of thiocarbonyl (C=S) groups is 1. The fraction of sp³-hybridized carbons (Fsp3) is 0.833. The van der Waals surface area contributed by atoms with Gasteiger partial charge in [0.25, 0.3) is 0 Å². The molecule has 0 radical (unpaired) electrons. The highest BCUT2D eigenvalue weighted by atomic mass is 32.1. The van der Waals surface area contributed by atoms with Gasteiger partial charge in [-0.05, 0) is 39.2 Å². The summed E-state index contributed by atoms with van der Waals surface area (Å²) in [5, 5.41) is 2.36. The molecular formula is C6H13NOSSi. The Kier molecular flexibility index (Phi) is 3.97. The molecule has 0 fully saturated rings. The van der Waals surface area contributed by atoms with Crippen molar-refractivity contribution in [2.24, 2.45) is 4.66 Å². The Morgan fingerprint density at radius 3 is 2.30 bits per heavy atom. The lowest BCUT2D eigenvalue weighted by Crippen LogP contribution is -2.31. The first-order chi connectivity index (χ1) is 4.48. The summed E-state index contributed by atoms with van der Waals surface area (Å²) < 4.78 is 9.50. The van der Waals surface area contributed by atoms with E-state index in [9.17, 15) is 0 Å². The summed E-state index contributed by atoms with van der Waals surface area (Å²) in [6, 6.07) is 0. The Balaban J connectivity index is 3.98. The first-order valence-corrected chi connectivity index (χ1v) is 6.51. The van der Waals surface area contributed by atoms with Gasteiger partial charge in [-0.3, -0.25) is 0 Å². The van der Waals surface area contributed by atoms with Crippen LogP contribution < -0.4 is 0 Å². The Hall–Kier alpha value is -0.0231. The van der Waals surface area contributed by atoms with Crippen LogP contribution in [0, 0.1) is 0 Å². The number of hydrogen-bond acceptors (Lipinski definition) is 3. The molecule has 0 heterocycles. The van der Waals surface area contributed by atoms with Crippen molar-refractivity contribution in [3.05, 3.63) is 0 Å². The number of hydrogen-bond donors (Lipinski definition) is 0. The van der Waals surface area contributed by atoms with Gasteiger partial charge in [-0.15, -0.1) is 0 Å². The fourth-order valence-electron chi connectivity index (χ4n) is 0.713. The molecule has 58 valence electrons. The van der Waals surface area contributed by atoms with Gasteiger partial charge in [0.2, 0.25) is 0 Å². The number of isothiocyanates is 1. The Morgan fingerprint density at radius 2 is 2.00 bits per heavy atom. The lowest BCUT2D eigenvalue weighted by atomic mass is 10.5. The van der Waals surface area contributed by atoms with Gasteiger partial charge in [-0.2, -0.15) is 0 Å². The predicted molar refractivity (Wildman–Crippen MR) is 48.7 cm³/mol. The maximum atomic E-state index is 5.52. The quantitative estimate of drug-likeness (QED) is 0.373. The van der Waals surface area contributed by atoms with E-state index in [0.29, 0.717) is 0 Å². The first-order valence-electron chi connectivity index (χ1n) is 3.25. The molecule has 0 aromatic carbocycles. The lowest BCUT2D eigenvalue weighted by molar-refractivity contribution is 0.232. The zero-order valence-corrected chi connectivity index (χ0v) is 8.66. The zero-order chi connectivity index (χ0) is 8.20. The highest BCUT2D eigenvalue weighted by molar-refractivity contribution is 7.78. The molecule has 0 bridgehead atoms. The molecule has 0 unspecified atom stereocenters. The largest absolute Gasteiger partial charge is 0.395 e. The molecule has 0 aromatic heterocycles. The molecule has 0 saturated heterocycles. The van der Waals surface area contributed by atoms with Gasteiger partial charge in [0.1, 0.15) is 0 Å². The molecule has 0 aliphatic rings. The maximum Gasteiger partial charge on any atom is 0.324 e. The molecule has 0 saturated carbocycles. The second-order valence-electron chi connectivity index (χ2n) is 2.82. The number of nitrogens with zero attached hydrogens (tertiary/aromatic N) is 1. The van der Waals surface area contributed by atoms with Gasteiger partial charge in [0.15, 0.2) is 0 Å². The smallest absolute Gasteiger partial charge is 0.324 e. The number of rotatable bonds is 3. The third-order valence-electron chi connectivity index (χ3n) is 0.839. The van der Waals surface area contributed by atoms with Crippen LogP contribution in [-0.4, -0.2) is 19.7 Å². The van der Waals surface area contributed by atoms with Crippen LogP contribution in [0.3, 0.4) is 0 Å². The molecule has 0 aliphatic heterocycles. The van der Waals surface area contributed by atoms with Gasteiger partial charge in [-0.25, -0.2) is 4.66 Å². The van der Waals surface area contributed by atoms with E-state index in [1.54, 1.807) is 0 Å². The van der Waals surface area contributed by atoms with Crippen LogP contribution in [0.1, 0.15) is 13.8 Å². The zero-order valence-electron chi connectivity index (χ0n) is 6.84. The van der Waals surface area contributed by atoms with Crippen molar-refractivity contribution in [2.75, 3.05) is 0 Å². The topological polar surface area (TPSA) is 21.6 Å². The minimum absolute atomic E-state index is 0.230. The van der Waals surface area contributed by atoms with Crippen molar-refractivity contribution in [3.63, 3.8) is 0 Å². The summed E-state index contributed by atoms with van der Waals surface area (Å²) in [5.41, 5.74) is 0. The fourth-order valence-corrected chi connectivity index (χ4v) is 2.80. The molecular weight excluding hydrogens is 162 g/mol. The van der Waals surface area contributed by atoms with Crippen molar-refractivity contribution in [1.29, 1.82) is 0 Å². The van der Waals surface area contributed by atoms with E-state index in [1.165, 1.54) is 0 Å². The minimum atomic E-state index is -1.86. The average molecular weight is 175 g/mol. The van der Waals surface area contributed by atoms with Crippen LogP contribution >= 0.6 is 12.2 Å². The third-order valence-corrected chi connectivity index (χ3v) is 2.79. The van der Waals surface area contributed by atoms with E-state index < -0.39 is 8.48 Å². The predicted octanol–water partition coefficient (Wildman–Crippen LogP) is 2.22. The van der Waals surface area contributed by atoms with Crippen molar-refractivity contribution in [3.8, 4) is 0 Å². The molecule has 0 aliphatic carbocycles. The Bertz CT molecular complexity index is 152. The maximum absolute atomic E-state index is 5.52. The highest BCUT2D eigenvalue weighted by Crippen LogP contribution is 2.07. The molecule has 2 nitrogen and oxygen atoms in total. The molecule has 0 aromatic rings. The third kappa shape index (κ3) is 4.82. The normalized spacial score (nSPS) is 11.3. The van der Waals surface area contributed by atoms with E-state index >= 15 is 0 Å². The molecule has 0 atom stereocenters. The van der Waals surface area contributed by atoms with Crippen LogP contribution in [0.15, 0.2) is 4.66 Å². The average Bonchev–Trinajstić information content (AvgIpc) is 1.59. The van der Waals surface area contributed by atoms with Crippen molar-refractivity contribution >= 4 is 25.9 Å². The van der Waals surface area contributed by atoms with Crippen LogP contribution in [0.2, 0.25) is 13.1 Å². The van der Waals surface area contributed by atoms with E-state index in [1.807, 2.05) is 26.9 Å². The monoisotopic (exact) mass is 175 g/mol. The van der Waals surface area contributed by atoms with Crippen molar-refractivity contribution in [2.45, 2.75) is 33.0 Å². The summed E-state index contributed by atoms with van der Waals surface area (Å²) in [4.78, 5) is 0. The highest BCUT2D eigenvalue weighted by Gasteiger charge is 2.22. The lowest BCUT2D eigenvalue weighted by Gasteiger charge is -2.18. The van der Waals surface area contributed by atoms with Gasteiger partial charge in [-0.1, -0.05) is 0 Å². The first kappa shape index (κ1) is 9.98. The molecule has 10 heavy (non-hydrogen) atoms. The SMILES string of the molecule is CC(C)O[Si](C)(C)N=C=S. The minimum Gasteiger partial charge on any atom is -0.395 e. The van der Waals surface area contributed by atoms with E-state index in [-0.39, 0.29) is 6.10 Å². The Morgan fingerprint density at radius 1 is 1.50 bits per heavy atom. The molecule has 0 spiro atoms. The molecule has 0 N–H and O–H groups in total. The van der Waals surface area contributed by atoms with Gasteiger partial charge >= 0.3 is 8.48 Å². The summed E-state index contributed by atoms with van der Waals surface area (Å²) >= 11 is 4.49. The molecule has 4 heteroatoms. The summed E-state index contributed by atoms with van der Waals surface area (Å²) in [6.07, 6.45) is 0.230. The summed E-state index contributed by atoms with van der Waals surface area (Å²) in [5.74, 6) is 0. The summed E-state index contributed by atoms with van der Waals surface area (Å²) in [7, 11) is -1.86. The summed E-state index contributed by atoms with van der Waals surface area (Å²) in [6.45, 7) is 7.97. The van der Waals surface area contributed by atoms with Crippen LogP contribution in [0.5, 0.6) is 0 Å².